The van der Waals surface area contributed by atoms with Gasteiger partial charge < -0.3 is 23.9 Å². The molecule has 1 aromatic heterocycles. The van der Waals surface area contributed by atoms with Crippen molar-refractivity contribution in [2.24, 2.45) is 0 Å². The third kappa shape index (κ3) is 4.22. The fourth-order valence-electron chi connectivity index (χ4n) is 5.19. The summed E-state index contributed by atoms with van der Waals surface area (Å²) in [5, 5.41) is 12.0. The number of furan rings is 1. The first kappa shape index (κ1) is 24.3. The molecule has 1 amide bonds. The third-order valence-electron chi connectivity index (χ3n) is 6.87. The smallest absolute Gasteiger partial charge is 0.290 e. The van der Waals surface area contributed by atoms with E-state index in [1.54, 1.807) is 23.1 Å². The topological polar surface area (TPSA) is 89.2 Å². The molecule has 0 bridgehead atoms. The summed E-state index contributed by atoms with van der Waals surface area (Å²) < 4.78 is 16.9. The molecule has 3 aromatic rings. The van der Waals surface area contributed by atoms with Crippen LogP contribution in [-0.4, -0.2) is 41.5 Å². The molecule has 7 nitrogen and oxygen atoms in total. The zero-order chi connectivity index (χ0) is 25.4. The summed E-state index contributed by atoms with van der Waals surface area (Å²) in [4.78, 5) is 28.8. The lowest BCUT2D eigenvalue weighted by molar-refractivity contribution is -0.131. The first-order chi connectivity index (χ1) is 17.4. The van der Waals surface area contributed by atoms with Crippen LogP contribution >= 0.6 is 11.6 Å². The number of fused-ring (bicyclic) bond motifs is 1. The highest BCUT2D eigenvalue weighted by atomic mass is 35.5. The zero-order valence-electron chi connectivity index (χ0n) is 20.3. The van der Waals surface area contributed by atoms with Crippen molar-refractivity contribution in [2.75, 3.05) is 13.7 Å². The lowest BCUT2D eigenvalue weighted by atomic mass is 9.94. The molecule has 0 saturated heterocycles. The van der Waals surface area contributed by atoms with Gasteiger partial charge in [-0.2, -0.15) is 0 Å². The van der Waals surface area contributed by atoms with Crippen LogP contribution in [0, 0.1) is 0 Å². The highest BCUT2D eigenvalue weighted by molar-refractivity contribution is 6.31. The molecule has 1 unspecified atom stereocenters. The first-order valence-corrected chi connectivity index (χ1v) is 12.6. The van der Waals surface area contributed by atoms with E-state index in [9.17, 15) is 14.7 Å². The summed E-state index contributed by atoms with van der Waals surface area (Å²) in [5.41, 5.74) is 1.11. The van der Waals surface area contributed by atoms with E-state index < -0.39 is 23.5 Å². The van der Waals surface area contributed by atoms with Gasteiger partial charge in [-0.3, -0.25) is 9.59 Å². The number of Topliss-reactive ketones (excluding diaryl/α,β-unsaturated/α-hetero) is 1. The van der Waals surface area contributed by atoms with E-state index in [0.717, 1.165) is 37.7 Å². The minimum absolute atomic E-state index is 0.00101. The molecule has 5 rings (SSSR count). The second kappa shape index (κ2) is 9.90. The van der Waals surface area contributed by atoms with Crippen molar-refractivity contribution < 1.29 is 28.6 Å². The molecule has 36 heavy (non-hydrogen) atoms. The van der Waals surface area contributed by atoms with E-state index >= 15 is 0 Å². The number of halogens is 1. The van der Waals surface area contributed by atoms with Crippen molar-refractivity contribution in [2.45, 2.75) is 51.1 Å². The predicted octanol–water partition coefficient (Wildman–Crippen LogP) is 6.40. The number of carbonyl (C=O) groups is 2. The molecule has 1 aliphatic heterocycles. The number of aliphatic hydroxyl groups excluding tert-OH is 1. The fourth-order valence-corrected chi connectivity index (χ4v) is 5.41. The minimum Gasteiger partial charge on any atom is -0.503 e. The molecule has 0 spiro atoms. The summed E-state index contributed by atoms with van der Waals surface area (Å²) >= 11 is 6.18. The Hall–Kier alpha value is -3.45. The molecule has 1 saturated carbocycles. The predicted molar refractivity (Wildman–Crippen MR) is 136 cm³/mol. The Morgan fingerprint density at radius 2 is 1.89 bits per heavy atom. The van der Waals surface area contributed by atoms with Gasteiger partial charge in [0.05, 0.1) is 25.3 Å². The summed E-state index contributed by atoms with van der Waals surface area (Å²) in [5.74, 6) is -0.510. The van der Waals surface area contributed by atoms with Crippen LogP contribution in [0.4, 0.5) is 0 Å². The number of hydrogen-bond acceptors (Lipinski definition) is 6. The zero-order valence-corrected chi connectivity index (χ0v) is 21.0. The molecule has 8 heteroatoms. The minimum atomic E-state index is -0.730. The number of rotatable bonds is 8. The highest BCUT2D eigenvalue weighted by Gasteiger charge is 2.47. The van der Waals surface area contributed by atoms with Crippen LogP contribution in [0.5, 0.6) is 11.5 Å². The summed E-state index contributed by atoms with van der Waals surface area (Å²) in [6, 6.07) is 11.4. The van der Waals surface area contributed by atoms with Crippen LogP contribution in [0.3, 0.4) is 0 Å². The fraction of sp³-hybridized carbons (Fsp3) is 0.357. The van der Waals surface area contributed by atoms with Gasteiger partial charge in [-0.15, -0.1) is 0 Å². The van der Waals surface area contributed by atoms with Gasteiger partial charge in [-0.05, 0) is 49.1 Å². The number of benzene rings is 2. The number of hydrogen-bond donors (Lipinski definition) is 1. The molecule has 1 N–H and O–H groups in total. The average Bonchev–Trinajstić information content (AvgIpc) is 3.61. The van der Waals surface area contributed by atoms with Gasteiger partial charge in [0.25, 0.3) is 5.91 Å². The molecule has 0 radical (unpaired) electrons. The maximum Gasteiger partial charge on any atom is 0.290 e. The van der Waals surface area contributed by atoms with Gasteiger partial charge >= 0.3 is 0 Å². The van der Waals surface area contributed by atoms with Crippen molar-refractivity contribution in [3.05, 3.63) is 70.1 Å². The molecule has 1 atom stereocenters. The van der Waals surface area contributed by atoms with Crippen molar-refractivity contribution in [3.63, 3.8) is 0 Å². The van der Waals surface area contributed by atoms with Crippen LogP contribution in [0.15, 0.2) is 58.2 Å². The van der Waals surface area contributed by atoms with E-state index in [2.05, 4.69) is 0 Å². The van der Waals surface area contributed by atoms with E-state index in [1.807, 2.05) is 31.2 Å². The Kier molecular flexibility index (Phi) is 6.67. The summed E-state index contributed by atoms with van der Waals surface area (Å²) in [6.07, 6.45) is 4.54. The van der Waals surface area contributed by atoms with Gasteiger partial charge in [0, 0.05) is 22.5 Å². The first-order valence-electron chi connectivity index (χ1n) is 12.2. The number of ether oxygens (including phenoxy) is 2. The number of aliphatic hydroxyl groups is 1. The second-order valence-electron chi connectivity index (χ2n) is 9.20. The number of nitrogens with zero attached hydrogens (tertiary/aromatic N) is 1. The Balaban J connectivity index is 1.57. The van der Waals surface area contributed by atoms with Crippen molar-refractivity contribution in [1.29, 1.82) is 0 Å². The van der Waals surface area contributed by atoms with Gasteiger partial charge in [0.2, 0.25) is 5.78 Å². The Morgan fingerprint density at radius 3 is 2.56 bits per heavy atom. The molecule has 2 aromatic carbocycles. The second-order valence-corrected chi connectivity index (χ2v) is 9.64. The number of amides is 1. The number of ketones is 1. The standard InChI is InChI=1S/C28H28ClNO6/c1-3-12-35-20-10-8-16(9-11-20)24-23(26(32)28(33)30(24)19-6-4-5-7-19)25(31)21-14-17-13-18(29)15-22(34-2)27(17)36-21/h8-11,13-15,19,24,32H,3-7,12H2,1-2H3. The highest BCUT2D eigenvalue weighted by Crippen LogP contribution is 2.44. The summed E-state index contributed by atoms with van der Waals surface area (Å²) in [6.45, 7) is 2.63. The van der Waals surface area contributed by atoms with E-state index in [0.29, 0.717) is 34.1 Å². The lowest BCUT2D eigenvalue weighted by Gasteiger charge is -2.32. The van der Waals surface area contributed by atoms with Crippen LogP contribution in [0.1, 0.15) is 61.2 Å². The molecule has 2 aliphatic rings. The van der Waals surface area contributed by atoms with E-state index in [-0.39, 0.29) is 17.4 Å². The Morgan fingerprint density at radius 1 is 1.17 bits per heavy atom. The van der Waals surface area contributed by atoms with Crippen LogP contribution in [0.2, 0.25) is 5.02 Å². The normalized spacial score (nSPS) is 18.5. The molecule has 1 aliphatic carbocycles. The molecular formula is C28H28ClNO6. The molecule has 188 valence electrons. The largest absolute Gasteiger partial charge is 0.503 e. The summed E-state index contributed by atoms with van der Waals surface area (Å²) in [7, 11) is 1.49. The third-order valence-corrected chi connectivity index (χ3v) is 7.08. The van der Waals surface area contributed by atoms with Gasteiger partial charge in [0.1, 0.15) is 5.75 Å². The van der Waals surface area contributed by atoms with Crippen LogP contribution in [0.25, 0.3) is 11.0 Å². The van der Waals surface area contributed by atoms with E-state index in [4.69, 9.17) is 25.5 Å². The maximum atomic E-state index is 13.8. The lowest BCUT2D eigenvalue weighted by Crippen LogP contribution is -2.38. The maximum absolute atomic E-state index is 13.8. The molecule has 1 fully saturated rings. The van der Waals surface area contributed by atoms with Crippen LogP contribution in [-0.2, 0) is 4.79 Å². The average molecular weight is 510 g/mol. The van der Waals surface area contributed by atoms with Crippen molar-refractivity contribution in [1.82, 2.24) is 4.90 Å². The Labute approximate surface area is 214 Å². The number of methoxy groups -OCH3 is 1. The SMILES string of the molecule is CCCOc1ccc(C2C(C(=O)c3cc4cc(Cl)cc(OC)c4o3)=C(O)C(=O)N2C2CCCC2)cc1. The van der Waals surface area contributed by atoms with Crippen molar-refractivity contribution >= 4 is 34.3 Å². The van der Waals surface area contributed by atoms with Gasteiger partial charge in [0.15, 0.2) is 22.9 Å². The van der Waals surface area contributed by atoms with E-state index in [1.165, 1.54) is 7.11 Å². The molecule has 2 heterocycles. The van der Waals surface area contributed by atoms with Crippen LogP contribution < -0.4 is 9.47 Å². The Bertz CT molecular complexity index is 1340. The molecular weight excluding hydrogens is 482 g/mol. The number of carbonyl (C=O) groups excluding carboxylic acids is 2. The quantitative estimate of drug-likeness (QED) is 0.353. The monoisotopic (exact) mass is 509 g/mol. The van der Waals surface area contributed by atoms with Gasteiger partial charge in [-0.1, -0.05) is 43.5 Å². The van der Waals surface area contributed by atoms with Gasteiger partial charge in [-0.25, -0.2) is 0 Å². The van der Waals surface area contributed by atoms with Crippen molar-refractivity contribution in [3.8, 4) is 11.5 Å².